The molecule has 3 atom stereocenters. The zero-order valence-electron chi connectivity index (χ0n) is 10.5. The Morgan fingerprint density at radius 3 is 3.00 bits per heavy atom. The number of ether oxygens (including phenoxy) is 2. The SMILES string of the molecule is CCCOC1C(NC)CC1OCc1cccs1. The van der Waals surface area contributed by atoms with Crippen LogP contribution in [-0.2, 0) is 16.1 Å². The highest BCUT2D eigenvalue weighted by atomic mass is 32.1. The minimum atomic E-state index is 0.222. The molecule has 0 amide bonds. The van der Waals surface area contributed by atoms with Crippen LogP contribution in [0.4, 0.5) is 0 Å². The molecule has 1 fully saturated rings. The van der Waals surface area contributed by atoms with Gasteiger partial charge in [-0.3, -0.25) is 0 Å². The predicted molar refractivity (Wildman–Crippen MR) is 70.4 cm³/mol. The molecule has 0 radical (unpaired) electrons. The average Bonchev–Trinajstić information content (AvgIpc) is 2.81. The van der Waals surface area contributed by atoms with Crippen LogP contribution in [0.3, 0.4) is 0 Å². The van der Waals surface area contributed by atoms with Crippen molar-refractivity contribution < 1.29 is 9.47 Å². The first-order valence-electron chi connectivity index (χ1n) is 6.28. The number of hydrogen-bond acceptors (Lipinski definition) is 4. The highest BCUT2D eigenvalue weighted by Gasteiger charge is 2.41. The van der Waals surface area contributed by atoms with E-state index in [0.717, 1.165) is 19.4 Å². The molecule has 3 nitrogen and oxygen atoms in total. The van der Waals surface area contributed by atoms with Crippen LogP contribution in [-0.4, -0.2) is 31.9 Å². The maximum absolute atomic E-state index is 5.91. The summed E-state index contributed by atoms with van der Waals surface area (Å²) in [5.74, 6) is 0. The number of nitrogens with one attached hydrogen (secondary N) is 1. The third-order valence-corrected chi connectivity index (χ3v) is 4.00. The lowest BCUT2D eigenvalue weighted by atomic mass is 9.85. The Balaban J connectivity index is 1.76. The topological polar surface area (TPSA) is 30.5 Å². The van der Waals surface area contributed by atoms with Crippen LogP contribution in [0.25, 0.3) is 0 Å². The molecular weight excluding hydrogens is 234 g/mol. The van der Waals surface area contributed by atoms with Crippen LogP contribution in [0, 0.1) is 0 Å². The summed E-state index contributed by atoms with van der Waals surface area (Å²) in [6.45, 7) is 3.67. The van der Waals surface area contributed by atoms with Gasteiger partial charge < -0.3 is 14.8 Å². The molecule has 4 heteroatoms. The Labute approximate surface area is 107 Å². The fourth-order valence-electron chi connectivity index (χ4n) is 2.09. The second kappa shape index (κ2) is 6.50. The molecule has 0 aliphatic heterocycles. The van der Waals surface area contributed by atoms with Gasteiger partial charge in [-0.25, -0.2) is 0 Å². The van der Waals surface area contributed by atoms with Crippen molar-refractivity contribution in [2.75, 3.05) is 13.7 Å². The van der Waals surface area contributed by atoms with Crippen molar-refractivity contribution in [2.45, 2.75) is 44.6 Å². The van der Waals surface area contributed by atoms with Gasteiger partial charge in [-0.05, 0) is 31.3 Å². The first-order valence-corrected chi connectivity index (χ1v) is 7.16. The fourth-order valence-corrected chi connectivity index (χ4v) is 2.71. The van der Waals surface area contributed by atoms with Crippen molar-refractivity contribution in [1.82, 2.24) is 5.32 Å². The Morgan fingerprint density at radius 2 is 2.35 bits per heavy atom. The van der Waals surface area contributed by atoms with Gasteiger partial charge in [-0.2, -0.15) is 0 Å². The van der Waals surface area contributed by atoms with Crippen LogP contribution in [0.1, 0.15) is 24.6 Å². The highest BCUT2D eigenvalue weighted by Crippen LogP contribution is 2.28. The molecule has 0 spiro atoms. The van der Waals surface area contributed by atoms with Gasteiger partial charge in [0.25, 0.3) is 0 Å². The second-order valence-electron chi connectivity index (χ2n) is 4.40. The van der Waals surface area contributed by atoms with Gasteiger partial charge in [0.05, 0.1) is 18.8 Å². The van der Waals surface area contributed by atoms with E-state index in [1.165, 1.54) is 4.88 Å². The zero-order chi connectivity index (χ0) is 12.1. The molecule has 1 aliphatic rings. The molecule has 0 saturated heterocycles. The first-order chi connectivity index (χ1) is 8.35. The molecule has 1 aromatic rings. The monoisotopic (exact) mass is 255 g/mol. The van der Waals surface area contributed by atoms with Crippen molar-refractivity contribution in [2.24, 2.45) is 0 Å². The largest absolute Gasteiger partial charge is 0.374 e. The average molecular weight is 255 g/mol. The molecule has 0 aromatic carbocycles. The van der Waals surface area contributed by atoms with Crippen LogP contribution in [0.5, 0.6) is 0 Å². The maximum Gasteiger partial charge on any atom is 0.0990 e. The molecule has 2 rings (SSSR count). The summed E-state index contributed by atoms with van der Waals surface area (Å²) in [6, 6.07) is 4.63. The van der Waals surface area contributed by atoms with E-state index >= 15 is 0 Å². The summed E-state index contributed by atoms with van der Waals surface area (Å²) in [6.07, 6.45) is 2.59. The molecule has 1 heterocycles. The molecule has 96 valence electrons. The van der Waals surface area contributed by atoms with Crippen LogP contribution >= 0.6 is 11.3 Å². The lowest BCUT2D eigenvalue weighted by Crippen LogP contribution is -2.59. The fraction of sp³-hybridized carbons (Fsp3) is 0.692. The van der Waals surface area contributed by atoms with Gasteiger partial charge >= 0.3 is 0 Å². The summed E-state index contributed by atoms with van der Waals surface area (Å²) >= 11 is 1.74. The lowest BCUT2D eigenvalue weighted by Gasteiger charge is -2.43. The molecule has 1 saturated carbocycles. The standard InChI is InChI=1S/C13H21NO2S/c1-3-6-15-13-11(14-2)8-12(13)16-9-10-5-4-7-17-10/h4-5,7,11-14H,3,6,8-9H2,1-2H3. The van der Waals surface area contributed by atoms with Crippen LogP contribution < -0.4 is 5.32 Å². The second-order valence-corrected chi connectivity index (χ2v) is 5.43. The third-order valence-electron chi connectivity index (χ3n) is 3.15. The van der Waals surface area contributed by atoms with E-state index in [1.54, 1.807) is 11.3 Å². The van der Waals surface area contributed by atoms with E-state index in [9.17, 15) is 0 Å². The van der Waals surface area contributed by atoms with E-state index in [-0.39, 0.29) is 12.2 Å². The zero-order valence-corrected chi connectivity index (χ0v) is 11.3. The van der Waals surface area contributed by atoms with Crippen LogP contribution in [0.2, 0.25) is 0 Å². The van der Waals surface area contributed by atoms with Crippen molar-refractivity contribution in [1.29, 1.82) is 0 Å². The molecule has 1 aliphatic carbocycles. The van der Waals surface area contributed by atoms with Gasteiger partial charge in [0.1, 0.15) is 0 Å². The summed E-state index contributed by atoms with van der Waals surface area (Å²) in [5, 5.41) is 5.37. The van der Waals surface area contributed by atoms with Crippen LogP contribution in [0.15, 0.2) is 17.5 Å². The summed E-state index contributed by atoms with van der Waals surface area (Å²) in [4.78, 5) is 1.28. The molecule has 1 N–H and O–H groups in total. The van der Waals surface area contributed by atoms with Crippen molar-refractivity contribution in [3.8, 4) is 0 Å². The number of rotatable bonds is 7. The molecule has 1 aromatic heterocycles. The Bertz CT molecular complexity index is 315. The van der Waals surface area contributed by atoms with E-state index in [0.29, 0.717) is 12.6 Å². The minimum absolute atomic E-state index is 0.222. The van der Waals surface area contributed by atoms with Gasteiger partial charge in [0.2, 0.25) is 0 Å². The minimum Gasteiger partial charge on any atom is -0.374 e. The normalized spacial score (nSPS) is 28.0. The highest BCUT2D eigenvalue weighted by molar-refractivity contribution is 7.09. The molecule has 3 unspecified atom stereocenters. The Morgan fingerprint density at radius 1 is 1.47 bits per heavy atom. The Kier molecular flexibility index (Phi) is 4.98. The van der Waals surface area contributed by atoms with E-state index in [4.69, 9.17) is 9.47 Å². The summed E-state index contributed by atoms with van der Waals surface area (Å²) < 4.78 is 11.7. The van der Waals surface area contributed by atoms with Gasteiger partial charge in [0.15, 0.2) is 0 Å². The maximum atomic E-state index is 5.91. The Hall–Kier alpha value is -0.420. The van der Waals surface area contributed by atoms with Crippen molar-refractivity contribution in [3.05, 3.63) is 22.4 Å². The van der Waals surface area contributed by atoms with Gasteiger partial charge in [-0.15, -0.1) is 11.3 Å². The predicted octanol–water partition coefficient (Wildman–Crippen LogP) is 2.42. The van der Waals surface area contributed by atoms with E-state index < -0.39 is 0 Å². The quantitative estimate of drug-likeness (QED) is 0.811. The molecular formula is C13H21NO2S. The molecule has 0 bridgehead atoms. The van der Waals surface area contributed by atoms with E-state index in [1.807, 2.05) is 7.05 Å². The summed E-state index contributed by atoms with van der Waals surface area (Å²) in [7, 11) is 1.99. The van der Waals surface area contributed by atoms with E-state index in [2.05, 4.69) is 29.8 Å². The van der Waals surface area contributed by atoms with Crippen molar-refractivity contribution >= 4 is 11.3 Å². The summed E-state index contributed by atoms with van der Waals surface area (Å²) in [5.41, 5.74) is 0. The first kappa shape index (κ1) is 13.0. The third kappa shape index (κ3) is 3.28. The molecule has 17 heavy (non-hydrogen) atoms. The van der Waals surface area contributed by atoms with Gasteiger partial charge in [-0.1, -0.05) is 13.0 Å². The number of hydrogen-bond donors (Lipinski definition) is 1. The number of thiophene rings is 1. The smallest absolute Gasteiger partial charge is 0.0990 e. The van der Waals surface area contributed by atoms with Gasteiger partial charge in [0, 0.05) is 17.5 Å². The van der Waals surface area contributed by atoms with Crippen molar-refractivity contribution in [3.63, 3.8) is 0 Å². The number of likely N-dealkylation sites (N-methyl/N-ethyl adjacent to an activating group) is 1. The lowest BCUT2D eigenvalue weighted by molar-refractivity contribution is -0.150.